The van der Waals surface area contributed by atoms with Gasteiger partial charge in [-0.3, -0.25) is 9.78 Å². The highest BCUT2D eigenvalue weighted by Crippen LogP contribution is 2.33. The Bertz CT molecular complexity index is 766. The molecule has 1 aromatic heterocycles. The Morgan fingerprint density at radius 1 is 1.22 bits per heavy atom. The molecule has 2 atom stereocenters. The molecule has 0 aliphatic carbocycles. The molecule has 27 heavy (non-hydrogen) atoms. The molecule has 5 nitrogen and oxygen atoms in total. The van der Waals surface area contributed by atoms with Gasteiger partial charge < -0.3 is 15.5 Å². The van der Waals surface area contributed by atoms with E-state index < -0.39 is 0 Å². The average molecular weight is 383 g/mol. The van der Waals surface area contributed by atoms with Crippen molar-refractivity contribution in [2.24, 2.45) is 5.92 Å². The van der Waals surface area contributed by atoms with Crippen LogP contribution in [-0.2, 0) is 11.3 Å². The van der Waals surface area contributed by atoms with Gasteiger partial charge in [-0.05, 0) is 43.3 Å². The van der Waals surface area contributed by atoms with Crippen molar-refractivity contribution in [3.63, 3.8) is 0 Å². The molecule has 0 bridgehead atoms. The van der Waals surface area contributed by atoms with Crippen molar-refractivity contribution in [3.8, 4) is 0 Å². The molecule has 0 spiro atoms. The first-order valence-electron chi connectivity index (χ1n) is 9.31. The van der Waals surface area contributed by atoms with E-state index in [1.807, 2.05) is 30.3 Å². The van der Waals surface area contributed by atoms with Gasteiger partial charge in [0, 0.05) is 44.0 Å². The van der Waals surface area contributed by atoms with E-state index in [9.17, 15) is 4.79 Å². The van der Waals surface area contributed by atoms with E-state index in [1.165, 1.54) is 5.56 Å². The first-order valence-corrected chi connectivity index (χ1v) is 9.72. The zero-order valence-electron chi connectivity index (χ0n) is 15.8. The third-order valence-corrected chi connectivity index (χ3v) is 5.15. The lowest BCUT2D eigenvalue weighted by Crippen LogP contribution is -2.42. The number of likely N-dealkylation sites (tertiary alicyclic amines) is 1. The van der Waals surface area contributed by atoms with Gasteiger partial charge >= 0.3 is 0 Å². The van der Waals surface area contributed by atoms with Crippen LogP contribution in [0, 0.1) is 5.92 Å². The Morgan fingerprint density at radius 2 is 2.00 bits per heavy atom. The van der Waals surface area contributed by atoms with E-state index >= 15 is 0 Å². The molecule has 1 fully saturated rings. The Labute approximate surface area is 166 Å². The predicted molar refractivity (Wildman–Crippen MR) is 111 cm³/mol. The quantitative estimate of drug-likeness (QED) is 0.779. The van der Waals surface area contributed by atoms with Gasteiger partial charge in [-0.1, -0.05) is 36.4 Å². The lowest BCUT2D eigenvalue weighted by Gasteiger charge is -2.22. The monoisotopic (exact) mass is 382 g/mol. The van der Waals surface area contributed by atoms with Crippen LogP contribution >= 0.6 is 12.2 Å². The number of nitrogens with one attached hydrogen (secondary N) is 2. The molecule has 1 amide bonds. The molecule has 1 aliphatic rings. The molecule has 6 heteroatoms. The minimum Gasteiger partial charge on any atom is -0.360 e. The molecular weight excluding hydrogens is 356 g/mol. The number of hydrogen-bond acceptors (Lipinski definition) is 3. The van der Waals surface area contributed by atoms with Crippen LogP contribution in [0.2, 0.25) is 0 Å². The third-order valence-electron chi connectivity index (χ3n) is 4.77. The highest BCUT2D eigenvalue weighted by atomic mass is 32.1. The highest BCUT2D eigenvalue weighted by Gasteiger charge is 2.39. The van der Waals surface area contributed by atoms with Gasteiger partial charge in [-0.25, -0.2) is 0 Å². The van der Waals surface area contributed by atoms with Crippen molar-refractivity contribution in [1.82, 2.24) is 20.5 Å². The van der Waals surface area contributed by atoms with Crippen LogP contribution < -0.4 is 10.6 Å². The Kier molecular flexibility index (Phi) is 6.40. The number of aromatic nitrogens is 1. The normalized spacial score (nSPS) is 19.1. The number of carbonyl (C=O) groups excluding carboxylic acids is 1. The van der Waals surface area contributed by atoms with Crippen LogP contribution in [0.15, 0.2) is 54.9 Å². The van der Waals surface area contributed by atoms with E-state index in [4.69, 9.17) is 12.2 Å². The summed E-state index contributed by atoms with van der Waals surface area (Å²) in [5.41, 5.74) is 2.17. The van der Waals surface area contributed by atoms with Crippen LogP contribution in [0.3, 0.4) is 0 Å². The number of amides is 1. The molecule has 2 heterocycles. The largest absolute Gasteiger partial charge is 0.360 e. The summed E-state index contributed by atoms with van der Waals surface area (Å²) >= 11 is 5.55. The van der Waals surface area contributed by atoms with E-state index in [1.54, 1.807) is 12.4 Å². The van der Waals surface area contributed by atoms with Crippen molar-refractivity contribution in [2.75, 3.05) is 13.1 Å². The second kappa shape index (κ2) is 8.95. The van der Waals surface area contributed by atoms with Gasteiger partial charge in [0.05, 0.1) is 5.92 Å². The summed E-state index contributed by atoms with van der Waals surface area (Å²) in [6.07, 6.45) is 3.51. The Balaban J connectivity index is 1.72. The van der Waals surface area contributed by atoms with E-state index in [0.717, 1.165) is 12.1 Å². The molecule has 0 saturated carbocycles. The smallest absolute Gasteiger partial charge is 0.225 e. The highest BCUT2D eigenvalue weighted by molar-refractivity contribution is 7.80. The molecule has 1 aliphatic heterocycles. The number of thiocarbonyl (C=S) groups is 1. The predicted octanol–water partition coefficient (Wildman–Crippen LogP) is 2.70. The maximum Gasteiger partial charge on any atom is 0.225 e. The molecule has 1 aromatic carbocycles. The van der Waals surface area contributed by atoms with Crippen molar-refractivity contribution in [2.45, 2.75) is 32.4 Å². The van der Waals surface area contributed by atoms with Crippen molar-refractivity contribution < 1.29 is 4.79 Å². The number of carbonyl (C=O) groups is 1. The summed E-state index contributed by atoms with van der Waals surface area (Å²) in [6.45, 7) is 5.98. The van der Waals surface area contributed by atoms with Gasteiger partial charge in [0.25, 0.3) is 0 Å². The molecule has 0 radical (unpaired) electrons. The lowest BCUT2D eigenvalue weighted by atomic mass is 9.88. The fourth-order valence-electron chi connectivity index (χ4n) is 3.43. The summed E-state index contributed by atoms with van der Waals surface area (Å²) in [5, 5.41) is 7.08. The Hall–Kier alpha value is -2.47. The molecular formula is C21H26N4OS. The number of benzene rings is 1. The van der Waals surface area contributed by atoms with Gasteiger partial charge in [0.2, 0.25) is 5.91 Å². The van der Waals surface area contributed by atoms with Crippen LogP contribution in [-0.4, -0.2) is 40.0 Å². The van der Waals surface area contributed by atoms with E-state index in [0.29, 0.717) is 18.2 Å². The number of hydrogen-bond donors (Lipinski definition) is 2. The van der Waals surface area contributed by atoms with Crippen LogP contribution in [0.25, 0.3) is 0 Å². The number of nitrogens with zero attached hydrogens (tertiary/aromatic N) is 2. The average Bonchev–Trinajstić information content (AvgIpc) is 3.13. The third kappa shape index (κ3) is 5.04. The number of rotatable bonds is 5. The van der Waals surface area contributed by atoms with Crippen molar-refractivity contribution >= 4 is 23.2 Å². The summed E-state index contributed by atoms with van der Waals surface area (Å²) in [4.78, 5) is 19.2. The fourth-order valence-corrected chi connectivity index (χ4v) is 3.82. The second-order valence-corrected chi connectivity index (χ2v) is 7.60. The maximum absolute atomic E-state index is 13.0. The maximum atomic E-state index is 13.0. The second-order valence-electron chi connectivity index (χ2n) is 7.21. The minimum atomic E-state index is -0.143. The van der Waals surface area contributed by atoms with Gasteiger partial charge in [0.1, 0.15) is 0 Å². The fraction of sp³-hybridized carbons (Fsp3) is 0.381. The number of pyridine rings is 1. The van der Waals surface area contributed by atoms with Crippen LogP contribution in [0.4, 0.5) is 0 Å². The zero-order valence-corrected chi connectivity index (χ0v) is 16.6. The lowest BCUT2D eigenvalue weighted by molar-refractivity contribution is -0.125. The van der Waals surface area contributed by atoms with Crippen molar-refractivity contribution in [1.29, 1.82) is 0 Å². The zero-order chi connectivity index (χ0) is 19.2. The van der Waals surface area contributed by atoms with Gasteiger partial charge in [-0.15, -0.1) is 0 Å². The van der Waals surface area contributed by atoms with Gasteiger partial charge in [0.15, 0.2) is 5.11 Å². The van der Waals surface area contributed by atoms with Crippen LogP contribution in [0.1, 0.15) is 30.9 Å². The topological polar surface area (TPSA) is 57.3 Å². The SMILES string of the molecule is CC(C)NC(=S)N1C[C@@H](C(=O)NCc2cccnc2)[C@H](c2ccccc2)C1. The molecule has 3 rings (SSSR count). The molecule has 2 aromatic rings. The summed E-state index contributed by atoms with van der Waals surface area (Å²) in [7, 11) is 0. The standard InChI is InChI=1S/C21H26N4OS/c1-15(2)24-21(27)25-13-18(17-8-4-3-5-9-17)19(14-25)20(26)23-12-16-7-6-10-22-11-16/h3-11,15,18-19H,12-14H2,1-2H3,(H,23,26)(H,24,27)/t18-,19+/m0/s1. The molecule has 0 unspecified atom stereocenters. The molecule has 1 saturated heterocycles. The first-order chi connectivity index (χ1) is 13.0. The molecule has 142 valence electrons. The summed E-state index contributed by atoms with van der Waals surface area (Å²) < 4.78 is 0. The van der Waals surface area contributed by atoms with Crippen molar-refractivity contribution in [3.05, 3.63) is 66.0 Å². The minimum absolute atomic E-state index is 0.0579. The summed E-state index contributed by atoms with van der Waals surface area (Å²) in [5.74, 6) is 0.0329. The summed E-state index contributed by atoms with van der Waals surface area (Å²) in [6, 6.07) is 14.3. The van der Waals surface area contributed by atoms with Gasteiger partial charge in [-0.2, -0.15) is 0 Å². The van der Waals surface area contributed by atoms with E-state index in [-0.39, 0.29) is 23.8 Å². The van der Waals surface area contributed by atoms with E-state index in [2.05, 4.69) is 46.5 Å². The van der Waals surface area contributed by atoms with Crippen LogP contribution in [0.5, 0.6) is 0 Å². The molecule has 2 N–H and O–H groups in total. The Morgan fingerprint density at radius 3 is 2.67 bits per heavy atom. The first kappa shape index (κ1) is 19.3.